The van der Waals surface area contributed by atoms with Gasteiger partial charge in [-0.1, -0.05) is 13.3 Å². The summed E-state index contributed by atoms with van der Waals surface area (Å²) in [6, 6.07) is 2.47. The van der Waals surface area contributed by atoms with Crippen LogP contribution in [-0.2, 0) is 6.54 Å². The zero-order valence-corrected chi connectivity index (χ0v) is 9.98. The molecule has 0 radical (unpaired) electrons. The number of hydrogen-bond donors (Lipinski definition) is 1. The summed E-state index contributed by atoms with van der Waals surface area (Å²) in [5.74, 6) is 0.597. The van der Waals surface area contributed by atoms with Crippen molar-refractivity contribution in [2.24, 2.45) is 0 Å². The Bertz CT molecular complexity index is 282. The van der Waals surface area contributed by atoms with Gasteiger partial charge in [0.2, 0.25) is 0 Å². The smallest absolute Gasteiger partial charge is 0.145 e. The summed E-state index contributed by atoms with van der Waals surface area (Å²) in [6.07, 6.45) is 4.41. The second-order valence-electron chi connectivity index (χ2n) is 4.12. The Morgan fingerprint density at radius 2 is 2.33 bits per heavy atom. The van der Waals surface area contributed by atoms with Crippen molar-refractivity contribution >= 4 is 5.82 Å². The SMILES string of the molecule is CCCC(C)N(C)CCn1ccc(N)n1. The zero-order chi connectivity index (χ0) is 11.3. The zero-order valence-electron chi connectivity index (χ0n) is 9.98. The lowest BCUT2D eigenvalue weighted by molar-refractivity contribution is 0.232. The highest BCUT2D eigenvalue weighted by molar-refractivity contribution is 5.23. The predicted molar refractivity (Wildman–Crippen MR) is 63.6 cm³/mol. The molecule has 0 saturated carbocycles. The average molecular weight is 210 g/mol. The van der Waals surface area contributed by atoms with Crippen LogP contribution in [0.5, 0.6) is 0 Å². The first-order valence-corrected chi connectivity index (χ1v) is 5.62. The molecule has 4 heteroatoms. The van der Waals surface area contributed by atoms with Gasteiger partial charge in [0.1, 0.15) is 5.82 Å². The largest absolute Gasteiger partial charge is 0.382 e. The van der Waals surface area contributed by atoms with Gasteiger partial charge >= 0.3 is 0 Å². The van der Waals surface area contributed by atoms with Crippen molar-refractivity contribution in [2.75, 3.05) is 19.3 Å². The molecule has 0 aliphatic heterocycles. The Morgan fingerprint density at radius 1 is 1.60 bits per heavy atom. The van der Waals surface area contributed by atoms with E-state index in [1.807, 2.05) is 16.9 Å². The summed E-state index contributed by atoms with van der Waals surface area (Å²) in [4.78, 5) is 2.36. The van der Waals surface area contributed by atoms with Gasteiger partial charge < -0.3 is 10.6 Å². The molecule has 1 aromatic heterocycles. The first kappa shape index (κ1) is 12.0. The van der Waals surface area contributed by atoms with E-state index in [-0.39, 0.29) is 0 Å². The monoisotopic (exact) mass is 210 g/mol. The summed E-state index contributed by atoms with van der Waals surface area (Å²) in [5, 5.41) is 4.16. The van der Waals surface area contributed by atoms with Gasteiger partial charge in [-0.15, -0.1) is 0 Å². The van der Waals surface area contributed by atoms with E-state index < -0.39 is 0 Å². The molecule has 0 bridgehead atoms. The number of anilines is 1. The van der Waals surface area contributed by atoms with Crippen molar-refractivity contribution in [1.82, 2.24) is 14.7 Å². The summed E-state index contributed by atoms with van der Waals surface area (Å²) >= 11 is 0. The van der Waals surface area contributed by atoms with Gasteiger partial charge in [-0.05, 0) is 26.5 Å². The highest BCUT2D eigenvalue weighted by Crippen LogP contribution is 2.04. The number of aromatic nitrogens is 2. The van der Waals surface area contributed by atoms with Crippen LogP contribution in [0.2, 0.25) is 0 Å². The molecular weight excluding hydrogens is 188 g/mol. The van der Waals surface area contributed by atoms with Gasteiger partial charge in [-0.25, -0.2) is 0 Å². The molecule has 1 heterocycles. The number of hydrogen-bond acceptors (Lipinski definition) is 3. The Kier molecular flexibility index (Phi) is 4.62. The predicted octanol–water partition coefficient (Wildman–Crippen LogP) is 1.59. The van der Waals surface area contributed by atoms with Gasteiger partial charge in [0.25, 0.3) is 0 Å². The highest BCUT2D eigenvalue weighted by atomic mass is 15.3. The highest BCUT2D eigenvalue weighted by Gasteiger charge is 2.07. The third-order valence-electron chi connectivity index (χ3n) is 2.80. The maximum Gasteiger partial charge on any atom is 0.145 e. The first-order valence-electron chi connectivity index (χ1n) is 5.62. The lowest BCUT2D eigenvalue weighted by Crippen LogP contribution is -2.32. The van der Waals surface area contributed by atoms with Gasteiger partial charge in [0, 0.05) is 18.8 Å². The van der Waals surface area contributed by atoms with Crippen molar-refractivity contribution in [3.05, 3.63) is 12.3 Å². The lowest BCUT2D eigenvalue weighted by atomic mass is 10.2. The lowest BCUT2D eigenvalue weighted by Gasteiger charge is -2.24. The van der Waals surface area contributed by atoms with Crippen LogP contribution in [0, 0.1) is 0 Å². The number of nitrogen functional groups attached to an aromatic ring is 1. The molecule has 0 saturated heterocycles. The fourth-order valence-corrected chi connectivity index (χ4v) is 1.62. The number of rotatable bonds is 6. The number of nitrogens with two attached hydrogens (primary N) is 1. The second-order valence-corrected chi connectivity index (χ2v) is 4.12. The summed E-state index contributed by atoms with van der Waals surface area (Å²) < 4.78 is 1.89. The standard InChI is InChI=1S/C11H22N4/c1-4-5-10(2)14(3)8-9-15-7-6-11(12)13-15/h6-7,10H,4-5,8-9H2,1-3H3,(H2,12,13). The van der Waals surface area contributed by atoms with Crippen LogP contribution in [0.25, 0.3) is 0 Å². The molecule has 0 aliphatic rings. The molecule has 1 rings (SSSR count). The van der Waals surface area contributed by atoms with E-state index in [1.165, 1.54) is 12.8 Å². The average Bonchev–Trinajstić information content (AvgIpc) is 2.61. The number of nitrogens with zero attached hydrogens (tertiary/aromatic N) is 3. The summed E-state index contributed by atoms with van der Waals surface area (Å²) in [5.41, 5.74) is 5.55. The minimum absolute atomic E-state index is 0.597. The van der Waals surface area contributed by atoms with E-state index in [9.17, 15) is 0 Å². The van der Waals surface area contributed by atoms with Gasteiger partial charge in [0.05, 0.1) is 6.54 Å². The molecule has 1 unspecified atom stereocenters. The molecule has 4 nitrogen and oxygen atoms in total. The fourth-order valence-electron chi connectivity index (χ4n) is 1.62. The van der Waals surface area contributed by atoms with Crippen molar-refractivity contribution in [3.63, 3.8) is 0 Å². The molecule has 0 fully saturated rings. The third kappa shape index (κ3) is 3.91. The molecule has 86 valence electrons. The molecule has 2 N–H and O–H groups in total. The summed E-state index contributed by atoms with van der Waals surface area (Å²) in [6.45, 7) is 6.41. The van der Waals surface area contributed by atoms with Crippen LogP contribution in [-0.4, -0.2) is 34.3 Å². The molecule has 0 spiro atoms. The minimum atomic E-state index is 0.597. The van der Waals surface area contributed by atoms with Crippen molar-refractivity contribution in [3.8, 4) is 0 Å². The molecule has 1 aromatic rings. The van der Waals surface area contributed by atoms with E-state index in [1.54, 1.807) is 0 Å². The van der Waals surface area contributed by atoms with Crippen LogP contribution >= 0.6 is 0 Å². The van der Waals surface area contributed by atoms with E-state index in [0.29, 0.717) is 11.9 Å². The van der Waals surface area contributed by atoms with Crippen LogP contribution in [0.4, 0.5) is 5.82 Å². The Labute approximate surface area is 92.1 Å². The van der Waals surface area contributed by atoms with Crippen LogP contribution in [0.1, 0.15) is 26.7 Å². The molecule has 1 atom stereocenters. The quantitative estimate of drug-likeness (QED) is 0.775. The normalized spacial score (nSPS) is 13.3. The topological polar surface area (TPSA) is 47.1 Å². The Hall–Kier alpha value is -1.03. The molecule has 0 aromatic carbocycles. The minimum Gasteiger partial charge on any atom is -0.382 e. The maximum atomic E-state index is 5.55. The van der Waals surface area contributed by atoms with Gasteiger partial charge in [-0.2, -0.15) is 5.10 Å². The van der Waals surface area contributed by atoms with Gasteiger partial charge in [0.15, 0.2) is 0 Å². The van der Waals surface area contributed by atoms with Crippen LogP contribution in [0.3, 0.4) is 0 Å². The molecular formula is C11H22N4. The van der Waals surface area contributed by atoms with Crippen molar-refractivity contribution in [2.45, 2.75) is 39.3 Å². The molecule has 0 aliphatic carbocycles. The molecule has 0 amide bonds. The van der Waals surface area contributed by atoms with E-state index in [2.05, 4.69) is 30.9 Å². The van der Waals surface area contributed by atoms with E-state index in [0.717, 1.165) is 13.1 Å². The van der Waals surface area contributed by atoms with Crippen LogP contribution in [0.15, 0.2) is 12.3 Å². The fraction of sp³-hybridized carbons (Fsp3) is 0.727. The van der Waals surface area contributed by atoms with E-state index in [4.69, 9.17) is 5.73 Å². The Balaban J connectivity index is 2.30. The number of likely N-dealkylation sites (N-methyl/N-ethyl adjacent to an activating group) is 1. The van der Waals surface area contributed by atoms with Crippen LogP contribution < -0.4 is 5.73 Å². The third-order valence-corrected chi connectivity index (χ3v) is 2.80. The molecule has 15 heavy (non-hydrogen) atoms. The second kappa shape index (κ2) is 5.75. The van der Waals surface area contributed by atoms with Gasteiger partial charge in [-0.3, -0.25) is 4.68 Å². The Morgan fingerprint density at radius 3 is 2.87 bits per heavy atom. The van der Waals surface area contributed by atoms with E-state index >= 15 is 0 Å². The maximum absolute atomic E-state index is 5.55. The first-order chi connectivity index (χ1) is 7.13. The van der Waals surface area contributed by atoms with Crippen molar-refractivity contribution in [1.29, 1.82) is 0 Å². The summed E-state index contributed by atoms with van der Waals surface area (Å²) in [7, 11) is 2.16. The van der Waals surface area contributed by atoms with Crippen molar-refractivity contribution < 1.29 is 0 Å².